The van der Waals surface area contributed by atoms with Gasteiger partial charge in [-0.25, -0.2) is 19.6 Å². The summed E-state index contributed by atoms with van der Waals surface area (Å²) in [7, 11) is 2.15. The lowest BCUT2D eigenvalue weighted by molar-refractivity contribution is -0.193. The first kappa shape index (κ1) is 32.2. The third kappa shape index (κ3) is 9.32. The van der Waals surface area contributed by atoms with Crippen molar-refractivity contribution in [3.05, 3.63) is 48.7 Å². The van der Waals surface area contributed by atoms with Gasteiger partial charge in [-0.2, -0.15) is 26.3 Å². The van der Waals surface area contributed by atoms with Crippen LogP contribution in [-0.2, 0) is 9.59 Å². The van der Waals surface area contributed by atoms with Crippen LogP contribution >= 0.6 is 0 Å². The first-order valence-electron chi connectivity index (χ1n) is 11.5. The van der Waals surface area contributed by atoms with E-state index in [-0.39, 0.29) is 11.4 Å². The second-order valence-corrected chi connectivity index (χ2v) is 8.84. The van der Waals surface area contributed by atoms with Gasteiger partial charge in [-0.1, -0.05) is 6.07 Å². The molecule has 0 radical (unpaired) electrons. The molecule has 2 saturated heterocycles. The summed E-state index contributed by atoms with van der Waals surface area (Å²) in [5.74, 6) is -4.40. The summed E-state index contributed by atoms with van der Waals surface area (Å²) < 4.78 is 69.3. The third-order valence-electron chi connectivity index (χ3n) is 5.98. The Labute approximate surface area is 223 Å². The van der Waals surface area contributed by atoms with Gasteiger partial charge in [-0.3, -0.25) is 14.7 Å². The number of piperidine rings is 1. The lowest BCUT2D eigenvalue weighted by Crippen LogP contribution is -2.72. The molecule has 1 atom stereocenters. The van der Waals surface area contributed by atoms with E-state index in [2.05, 4.69) is 26.9 Å². The number of hydrogen-bond donors (Lipinski definition) is 2. The van der Waals surface area contributed by atoms with E-state index in [4.69, 9.17) is 24.5 Å². The van der Waals surface area contributed by atoms with Gasteiger partial charge in [0.15, 0.2) is 0 Å². The third-order valence-corrected chi connectivity index (χ3v) is 5.98. The number of aromatic nitrogens is 3. The fourth-order valence-electron chi connectivity index (χ4n) is 3.94. The van der Waals surface area contributed by atoms with Crippen molar-refractivity contribution in [2.24, 2.45) is 5.92 Å². The molecule has 0 bridgehead atoms. The van der Waals surface area contributed by atoms with Crippen LogP contribution in [0.2, 0.25) is 0 Å². The molecule has 0 aliphatic carbocycles. The van der Waals surface area contributed by atoms with Crippen LogP contribution in [0.25, 0.3) is 0 Å². The molecule has 17 heteroatoms. The van der Waals surface area contributed by atoms with Gasteiger partial charge in [0, 0.05) is 37.7 Å². The van der Waals surface area contributed by atoms with Crippen LogP contribution in [-0.4, -0.2) is 104 Å². The number of halogens is 6. The molecule has 2 aromatic rings. The molecule has 0 saturated carbocycles. The minimum absolute atomic E-state index is 0.0380. The summed E-state index contributed by atoms with van der Waals surface area (Å²) in [6.07, 6.45) is -1.63. The molecular formula is C23H25F6N5O6. The van der Waals surface area contributed by atoms with Crippen molar-refractivity contribution in [2.75, 3.05) is 33.3 Å². The van der Waals surface area contributed by atoms with Gasteiger partial charge >= 0.3 is 24.3 Å². The number of nitrogens with zero attached hydrogens (tertiary/aromatic N) is 5. The number of alkyl halides is 6. The number of ether oxygens (including phenoxy) is 1. The topological polar surface area (TPSA) is 146 Å². The zero-order valence-electron chi connectivity index (χ0n) is 20.9. The van der Waals surface area contributed by atoms with Crippen LogP contribution < -0.4 is 4.74 Å². The molecule has 0 aromatic carbocycles. The first-order chi connectivity index (χ1) is 18.5. The SMILES string of the molecule is CN1CCC(COc2ccccn2)CC12CN(C(=O)c1cnccn1)C2.O=C(O)C(F)(F)F.O=C(O)C(F)(F)F. The lowest BCUT2D eigenvalue weighted by Gasteiger charge is -2.58. The van der Waals surface area contributed by atoms with Crippen molar-refractivity contribution < 1.29 is 55.7 Å². The van der Waals surface area contributed by atoms with Crippen molar-refractivity contribution in [2.45, 2.75) is 30.7 Å². The van der Waals surface area contributed by atoms with Gasteiger partial charge in [-0.05, 0) is 38.4 Å². The molecule has 1 amide bonds. The molecule has 1 spiro atoms. The number of carboxylic acid groups (broad SMARTS) is 2. The number of carbonyl (C=O) groups is 3. The van der Waals surface area contributed by atoms with Crippen LogP contribution in [0.5, 0.6) is 5.88 Å². The summed E-state index contributed by atoms with van der Waals surface area (Å²) in [5, 5.41) is 14.2. The molecule has 220 valence electrons. The number of hydrogen-bond acceptors (Lipinski definition) is 8. The maximum Gasteiger partial charge on any atom is 0.490 e. The van der Waals surface area contributed by atoms with E-state index in [9.17, 15) is 31.1 Å². The standard InChI is InChI=1S/C19H23N5O2.2C2HF3O2/c1-23-9-5-15(12-26-17-4-2-3-6-22-17)10-19(23)13-24(14-19)18(25)16-11-20-7-8-21-16;2*3-2(4,5)1(6)7/h2-4,6-8,11,15H,5,9-10,12-14H2,1H3;2*(H,6,7). The number of carbonyl (C=O) groups excluding carboxylic acids is 1. The van der Waals surface area contributed by atoms with E-state index in [0.717, 1.165) is 32.5 Å². The van der Waals surface area contributed by atoms with E-state index in [1.807, 2.05) is 23.1 Å². The molecule has 11 nitrogen and oxygen atoms in total. The largest absolute Gasteiger partial charge is 0.490 e. The van der Waals surface area contributed by atoms with Crippen LogP contribution in [0.3, 0.4) is 0 Å². The molecule has 1 unspecified atom stereocenters. The maximum atomic E-state index is 12.5. The maximum absolute atomic E-state index is 12.5. The lowest BCUT2D eigenvalue weighted by atomic mass is 9.75. The molecule has 2 fully saturated rings. The smallest absolute Gasteiger partial charge is 0.477 e. The Hall–Kier alpha value is -4.02. The fraction of sp³-hybridized carbons (Fsp3) is 0.478. The van der Waals surface area contributed by atoms with Crippen LogP contribution in [0.4, 0.5) is 26.3 Å². The van der Waals surface area contributed by atoms with Crippen molar-refractivity contribution in [3.63, 3.8) is 0 Å². The second kappa shape index (κ2) is 13.4. The predicted molar refractivity (Wildman–Crippen MR) is 123 cm³/mol. The van der Waals surface area contributed by atoms with E-state index < -0.39 is 24.3 Å². The molecule has 40 heavy (non-hydrogen) atoms. The molecular weight excluding hydrogens is 556 g/mol. The minimum atomic E-state index is -5.08. The van der Waals surface area contributed by atoms with Crippen molar-refractivity contribution >= 4 is 17.8 Å². The monoisotopic (exact) mass is 581 g/mol. The highest BCUT2D eigenvalue weighted by Crippen LogP contribution is 2.38. The molecule has 4 heterocycles. The Morgan fingerprint density at radius 1 is 1.00 bits per heavy atom. The Kier molecular flexibility index (Phi) is 10.8. The quantitative estimate of drug-likeness (QED) is 0.517. The van der Waals surface area contributed by atoms with Gasteiger partial charge in [0.25, 0.3) is 5.91 Å². The normalized spacial score (nSPS) is 18.3. The van der Waals surface area contributed by atoms with Gasteiger partial charge in [0.05, 0.1) is 18.3 Å². The molecule has 2 N–H and O–H groups in total. The van der Waals surface area contributed by atoms with Gasteiger partial charge in [0.1, 0.15) is 5.69 Å². The number of pyridine rings is 1. The number of aliphatic carboxylic acids is 2. The highest BCUT2D eigenvalue weighted by atomic mass is 19.4. The average molecular weight is 581 g/mol. The zero-order valence-corrected chi connectivity index (χ0v) is 20.9. The van der Waals surface area contributed by atoms with Crippen LogP contribution in [0, 0.1) is 5.92 Å². The number of likely N-dealkylation sites (tertiary alicyclic amines) is 2. The van der Waals surface area contributed by atoms with Gasteiger partial charge in [-0.15, -0.1) is 0 Å². The summed E-state index contributed by atoms with van der Waals surface area (Å²) >= 11 is 0. The Balaban J connectivity index is 0.000000333. The van der Waals surface area contributed by atoms with Crippen molar-refractivity contribution in [1.29, 1.82) is 0 Å². The van der Waals surface area contributed by atoms with E-state index in [1.165, 1.54) is 6.20 Å². The predicted octanol–water partition coefficient (Wildman–Crippen LogP) is 2.75. The summed E-state index contributed by atoms with van der Waals surface area (Å²) in [6, 6.07) is 5.70. The molecule has 2 aromatic heterocycles. The van der Waals surface area contributed by atoms with E-state index in [1.54, 1.807) is 18.6 Å². The molecule has 2 aliphatic rings. The van der Waals surface area contributed by atoms with Crippen molar-refractivity contribution in [1.82, 2.24) is 24.8 Å². The molecule has 2 aliphatic heterocycles. The number of rotatable bonds is 4. The second-order valence-electron chi connectivity index (χ2n) is 8.84. The van der Waals surface area contributed by atoms with Crippen LogP contribution in [0.1, 0.15) is 23.3 Å². The molecule has 4 rings (SSSR count). The van der Waals surface area contributed by atoms with Gasteiger partial charge in [0.2, 0.25) is 5.88 Å². The highest BCUT2D eigenvalue weighted by Gasteiger charge is 2.51. The number of amides is 1. The number of likely N-dealkylation sites (N-methyl/N-ethyl adjacent to an activating group) is 1. The van der Waals surface area contributed by atoms with Crippen molar-refractivity contribution in [3.8, 4) is 5.88 Å². The van der Waals surface area contributed by atoms with E-state index >= 15 is 0 Å². The first-order valence-corrected chi connectivity index (χ1v) is 11.5. The Bertz CT molecular complexity index is 1110. The Morgan fingerprint density at radius 3 is 2.08 bits per heavy atom. The summed E-state index contributed by atoms with van der Waals surface area (Å²) in [5.41, 5.74) is 0.463. The highest BCUT2D eigenvalue weighted by molar-refractivity contribution is 5.92. The zero-order chi connectivity index (χ0) is 30.1. The van der Waals surface area contributed by atoms with Crippen LogP contribution in [0.15, 0.2) is 43.0 Å². The van der Waals surface area contributed by atoms with Gasteiger partial charge < -0.3 is 19.8 Å². The Morgan fingerprint density at radius 2 is 1.60 bits per heavy atom. The van der Waals surface area contributed by atoms with E-state index in [0.29, 0.717) is 24.1 Å². The summed E-state index contributed by atoms with van der Waals surface area (Å²) in [4.78, 5) is 46.9. The number of carboxylic acids is 2. The summed E-state index contributed by atoms with van der Waals surface area (Å²) in [6.45, 7) is 3.16. The minimum Gasteiger partial charge on any atom is -0.477 e. The average Bonchev–Trinajstić information content (AvgIpc) is 2.87. The fourth-order valence-corrected chi connectivity index (χ4v) is 3.94.